The molecule has 1 saturated heterocycles. The van der Waals surface area contributed by atoms with E-state index in [1.807, 2.05) is 65.6 Å². The van der Waals surface area contributed by atoms with Gasteiger partial charge in [-0.3, -0.25) is 9.59 Å². The molecule has 0 saturated carbocycles. The fourth-order valence-electron chi connectivity index (χ4n) is 4.17. The van der Waals surface area contributed by atoms with Crippen LogP contribution >= 0.6 is 0 Å². The number of hydrogen-bond donors (Lipinski definition) is 0. The van der Waals surface area contributed by atoms with E-state index < -0.39 is 6.16 Å². The fourth-order valence-corrected chi connectivity index (χ4v) is 4.17. The van der Waals surface area contributed by atoms with Crippen molar-refractivity contribution in [3.05, 3.63) is 102 Å². The average Bonchev–Trinajstić information content (AvgIpc) is 2.90. The fraction of sp³-hybridized carbons (Fsp3) is 0.250. The van der Waals surface area contributed by atoms with Crippen LogP contribution in [0.25, 0.3) is 0 Å². The molecule has 3 aromatic rings. The molecule has 1 heterocycles. The summed E-state index contributed by atoms with van der Waals surface area (Å²) in [5, 5.41) is 0. The van der Waals surface area contributed by atoms with Crippen molar-refractivity contribution >= 4 is 18.0 Å². The second-order valence-electron chi connectivity index (χ2n) is 8.18. The number of carbonyl (C=O) groups excluding carboxylic acids is 3. The first-order chi connectivity index (χ1) is 17.1. The van der Waals surface area contributed by atoms with Crippen molar-refractivity contribution in [2.45, 2.75) is 12.8 Å². The Morgan fingerprint density at radius 3 is 1.77 bits per heavy atom. The molecule has 0 unspecified atom stereocenters. The zero-order valence-electron chi connectivity index (χ0n) is 19.6. The van der Waals surface area contributed by atoms with Gasteiger partial charge >= 0.3 is 6.16 Å². The first kappa shape index (κ1) is 24.0. The second kappa shape index (κ2) is 11.3. The van der Waals surface area contributed by atoms with E-state index >= 15 is 0 Å². The third kappa shape index (κ3) is 5.87. The molecule has 0 aliphatic carbocycles. The Hall–Kier alpha value is -4.13. The van der Waals surface area contributed by atoms with E-state index in [1.54, 1.807) is 36.1 Å². The highest BCUT2D eigenvalue weighted by atomic mass is 16.7. The Morgan fingerprint density at radius 1 is 0.743 bits per heavy atom. The van der Waals surface area contributed by atoms with E-state index in [0.29, 0.717) is 37.5 Å². The molecule has 4 rings (SSSR count). The van der Waals surface area contributed by atoms with Crippen LogP contribution in [0.5, 0.6) is 5.75 Å². The first-order valence-electron chi connectivity index (χ1n) is 11.7. The maximum absolute atomic E-state index is 13.6. The largest absolute Gasteiger partial charge is 0.513 e. The number of benzene rings is 3. The van der Waals surface area contributed by atoms with Gasteiger partial charge < -0.3 is 19.3 Å². The minimum absolute atomic E-state index is 0.0370. The summed E-state index contributed by atoms with van der Waals surface area (Å²) in [5.74, 6) is -0.160. The quantitative estimate of drug-likeness (QED) is 0.394. The van der Waals surface area contributed by atoms with Crippen LogP contribution in [0.3, 0.4) is 0 Å². The predicted molar refractivity (Wildman–Crippen MR) is 131 cm³/mol. The lowest BCUT2D eigenvalue weighted by atomic mass is 9.90. The number of carbonyl (C=O) groups is 3. The van der Waals surface area contributed by atoms with Gasteiger partial charge in [-0.2, -0.15) is 0 Å². The van der Waals surface area contributed by atoms with Gasteiger partial charge in [0.15, 0.2) is 0 Å². The Bertz CT molecular complexity index is 1100. The summed E-state index contributed by atoms with van der Waals surface area (Å²) in [4.78, 5) is 41.6. The number of rotatable bonds is 6. The van der Waals surface area contributed by atoms with Gasteiger partial charge in [-0.1, -0.05) is 60.7 Å². The Kier molecular flexibility index (Phi) is 7.77. The van der Waals surface area contributed by atoms with Gasteiger partial charge in [-0.25, -0.2) is 4.79 Å². The van der Waals surface area contributed by atoms with Gasteiger partial charge in [0.05, 0.1) is 12.5 Å². The van der Waals surface area contributed by atoms with Crippen LogP contribution in [0.4, 0.5) is 4.79 Å². The second-order valence-corrected chi connectivity index (χ2v) is 8.18. The topological polar surface area (TPSA) is 76.2 Å². The van der Waals surface area contributed by atoms with E-state index in [-0.39, 0.29) is 24.3 Å². The molecule has 0 spiro atoms. The third-order valence-electron chi connectivity index (χ3n) is 5.96. The van der Waals surface area contributed by atoms with Crippen LogP contribution in [0.1, 0.15) is 34.3 Å². The lowest BCUT2D eigenvalue weighted by Gasteiger charge is -2.36. The lowest BCUT2D eigenvalue weighted by Crippen LogP contribution is -2.51. The van der Waals surface area contributed by atoms with Crippen LogP contribution in [0, 0.1) is 0 Å². The normalized spacial score (nSPS) is 13.4. The minimum atomic E-state index is -0.781. The van der Waals surface area contributed by atoms with E-state index in [4.69, 9.17) is 9.47 Å². The molecule has 0 bridgehead atoms. The maximum Gasteiger partial charge on any atom is 0.513 e. The number of piperazine rings is 1. The standard InChI is InChI=1S/C28H28N2O5/c1-2-34-28(33)35-24-15-13-23(14-16-24)26(31)29-17-19-30(20-18-29)27(32)25(21-9-5-3-6-10-21)22-11-7-4-8-12-22/h3-16,25H,2,17-20H2,1H3. The molecule has 1 fully saturated rings. The Balaban J connectivity index is 1.40. The van der Waals surface area contributed by atoms with Crippen molar-refractivity contribution in [3.63, 3.8) is 0 Å². The highest BCUT2D eigenvalue weighted by molar-refractivity contribution is 5.94. The highest BCUT2D eigenvalue weighted by Crippen LogP contribution is 2.27. The van der Waals surface area contributed by atoms with Crippen LogP contribution < -0.4 is 4.74 Å². The summed E-state index contributed by atoms with van der Waals surface area (Å²) in [6.07, 6.45) is -0.781. The average molecular weight is 473 g/mol. The predicted octanol–water partition coefficient (Wildman–Crippen LogP) is 4.34. The molecule has 35 heavy (non-hydrogen) atoms. The molecule has 0 radical (unpaired) electrons. The number of amides is 2. The van der Waals surface area contributed by atoms with Crippen molar-refractivity contribution < 1.29 is 23.9 Å². The van der Waals surface area contributed by atoms with Gasteiger partial charge in [0.2, 0.25) is 5.91 Å². The Labute approximate surface area is 204 Å². The van der Waals surface area contributed by atoms with Crippen molar-refractivity contribution in [1.29, 1.82) is 0 Å². The summed E-state index contributed by atoms with van der Waals surface area (Å²) in [6.45, 7) is 3.74. The van der Waals surface area contributed by atoms with Crippen LogP contribution in [-0.2, 0) is 9.53 Å². The maximum atomic E-state index is 13.6. The molecular formula is C28H28N2O5. The number of nitrogens with zero attached hydrogens (tertiary/aromatic N) is 2. The van der Waals surface area contributed by atoms with Gasteiger partial charge in [0, 0.05) is 31.7 Å². The van der Waals surface area contributed by atoms with Crippen LogP contribution in [-0.4, -0.2) is 60.6 Å². The van der Waals surface area contributed by atoms with E-state index in [0.717, 1.165) is 11.1 Å². The summed E-state index contributed by atoms with van der Waals surface area (Å²) in [6, 6.07) is 25.9. The summed E-state index contributed by atoms with van der Waals surface area (Å²) >= 11 is 0. The van der Waals surface area contributed by atoms with Crippen LogP contribution in [0.2, 0.25) is 0 Å². The first-order valence-corrected chi connectivity index (χ1v) is 11.7. The molecule has 3 aromatic carbocycles. The third-order valence-corrected chi connectivity index (χ3v) is 5.96. The zero-order valence-corrected chi connectivity index (χ0v) is 19.6. The number of ether oxygens (including phenoxy) is 2. The SMILES string of the molecule is CCOC(=O)Oc1ccc(C(=O)N2CCN(C(=O)C(c3ccccc3)c3ccccc3)CC2)cc1. The molecular weight excluding hydrogens is 444 g/mol. The van der Waals surface area contributed by atoms with Gasteiger partial charge in [0.1, 0.15) is 5.75 Å². The van der Waals surface area contributed by atoms with Crippen molar-refractivity contribution in [2.24, 2.45) is 0 Å². The summed E-state index contributed by atoms with van der Waals surface area (Å²) in [5.41, 5.74) is 2.40. The lowest BCUT2D eigenvalue weighted by molar-refractivity contribution is -0.133. The molecule has 7 heteroatoms. The Morgan fingerprint density at radius 2 is 1.26 bits per heavy atom. The van der Waals surface area contributed by atoms with E-state index in [2.05, 4.69) is 0 Å². The molecule has 0 aromatic heterocycles. The molecule has 2 amide bonds. The van der Waals surface area contributed by atoms with Gasteiger partial charge in [-0.15, -0.1) is 0 Å². The molecule has 180 valence electrons. The highest BCUT2D eigenvalue weighted by Gasteiger charge is 2.31. The molecule has 1 aliphatic rings. The summed E-state index contributed by atoms with van der Waals surface area (Å²) < 4.78 is 9.79. The smallest absolute Gasteiger partial charge is 0.434 e. The summed E-state index contributed by atoms with van der Waals surface area (Å²) in [7, 11) is 0. The molecule has 7 nitrogen and oxygen atoms in total. The van der Waals surface area contributed by atoms with E-state index in [1.165, 1.54) is 0 Å². The number of hydrogen-bond acceptors (Lipinski definition) is 5. The molecule has 1 aliphatic heterocycles. The monoisotopic (exact) mass is 472 g/mol. The van der Waals surface area contributed by atoms with E-state index in [9.17, 15) is 14.4 Å². The zero-order chi connectivity index (χ0) is 24.6. The van der Waals surface area contributed by atoms with Crippen molar-refractivity contribution in [3.8, 4) is 5.75 Å². The minimum Gasteiger partial charge on any atom is -0.434 e. The van der Waals surface area contributed by atoms with Gasteiger partial charge in [0.25, 0.3) is 5.91 Å². The van der Waals surface area contributed by atoms with Crippen LogP contribution in [0.15, 0.2) is 84.9 Å². The van der Waals surface area contributed by atoms with Crippen molar-refractivity contribution in [2.75, 3.05) is 32.8 Å². The van der Waals surface area contributed by atoms with Crippen molar-refractivity contribution in [1.82, 2.24) is 9.80 Å². The van der Waals surface area contributed by atoms with Gasteiger partial charge in [-0.05, 0) is 42.3 Å². The molecule has 0 N–H and O–H groups in total. The molecule has 0 atom stereocenters.